The number of hydrogen-bond donors (Lipinski definition) is 2. The highest BCUT2D eigenvalue weighted by Crippen LogP contribution is 2.29. The number of hydrogen-bond acceptors (Lipinski definition) is 5. The molecule has 1 aliphatic heterocycles. The second-order valence-corrected chi connectivity index (χ2v) is 11.1. The van der Waals surface area contributed by atoms with Crippen molar-refractivity contribution in [2.75, 3.05) is 0 Å². The third-order valence-corrected chi connectivity index (χ3v) is 8.31. The minimum Gasteiger partial charge on any atom is -0.341 e. The Morgan fingerprint density at radius 1 is 0.878 bits per heavy atom. The van der Waals surface area contributed by atoms with Crippen LogP contribution < -0.4 is 5.32 Å². The summed E-state index contributed by atoms with van der Waals surface area (Å²) in [5.74, 6) is 2.05. The lowest BCUT2D eigenvalue weighted by Crippen LogP contribution is -2.37. The molecule has 206 valence electrons. The van der Waals surface area contributed by atoms with E-state index >= 15 is 0 Å². The summed E-state index contributed by atoms with van der Waals surface area (Å²) in [6, 6.07) is 26.2. The van der Waals surface area contributed by atoms with Crippen molar-refractivity contribution >= 4 is 28.3 Å². The lowest BCUT2D eigenvalue weighted by molar-refractivity contribution is 0.188. The van der Waals surface area contributed by atoms with E-state index in [4.69, 9.17) is 9.97 Å². The number of aliphatic imine (C=N–C) groups is 1. The van der Waals surface area contributed by atoms with Crippen LogP contribution in [-0.2, 0) is 33.2 Å². The van der Waals surface area contributed by atoms with Crippen LogP contribution in [0, 0.1) is 0 Å². The highest BCUT2D eigenvalue weighted by atomic mass is 15.2. The van der Waals surface area contributed by atoms with Gasteiger partial charge in [0, 0.05) is 32.4 Å². The Labute approximate surface area is 240 Å². The molecule has 2 N–H and O–H groups in total. The maximum absolute atomic E-state index is 4.89. The number of rotatable bonds is 9. The summed E-state index contributed by atoms with van der Waals surface area (Å²) in [6.45, 7) is 3.15. The van der Waals surface area contributed by atoms with Crippen molar-refractivity contribution in [1.29, 1.82) is 0 Å². The van der Waals surface area contributed by atoms with Crippen LogP contribution in [0.25, 0.3) is 22.1 Å². The summed E-state index contributed by atoms with van der Waals surface area (Å²) < 4.78 is 2.17. The lowest BCUT2D eigenvalue weighted by Gasteiger charge is -2.34. The molecule has 7 rings (SSSR count). The Kier molecular flexibility index (Phi) is 7.05. The van der Waals surface area contributed by atoms with Gasteiger partial charge in [-0.05, 0) is 59.9 Å². The van der Waals surface area contributed by atoms with Crippen molar-refractivity contribution in [3.8, 4) is 0 Å². The van der Waals surface area contributed by atoms with Crippen LogP contribution in [0.1, 0.15) is 35.6 Å². The summed E-state index contributed by atoms with van der Waals surface area (Å²) >= 11 is 0. The topological polar surface area (TPSA) is 74.1 Å². The van der Waals surface area contributed by atoms with Crippen LogP contribution >= 0.6 is 0 Å². The Hall–Kier alpha value is -4.33. The van der Waals surface area contributed by atoms with Crippen molar-refractivity contribution in [1.82, 2.24) is 29.7 Å². The number of benzene rings is 3. The van der Waals surface area contributed by atoms with Crippen molar-refractivity contribution in [2.24, 2.45) is 12.0 Å². The summed E-state index contributed by atoms with van der Waals surface area (Å²) in [5.41, 5.74) is 8.22. The summed E-state index contributed by atoms with van der Waals surface area (Å²) in [6.07, 6.45) is 10.8. The maximum atomic E-state index is 4.89. The molecule has 0 saturated heterocycles. The number of imidazole rings is 2. The zero-order chi connectivity index (χ0) is 27.6. The van der Waals surface area contributed by atoms with Gasteiger partial charge in [-0.1, -0.05) is 60.7 Å². The van der Waals surface area contributed by atoms with Gasteiger partial charge in [0.1, 0.15) is 11.6 Å². The first-order valence-corrected chi connectivity index (χ1v) is 14.5. The minimum absolute atomic E-state index is 0.306. The van der Waals surface area contributed by atoms with Crippen molar-refractivity contribution in [3.05, 3.63) is 119 Å². The van der Waals surface area contributed by atoms with Crippen LogP contribution in [-0.4, -0.2) is 42.7 Å². The van der Waals surface area contributed by atoms with Crippen molar-refractivity contribution in [2.45, 2.75) is 51.1 Å². The van der Waals surface area contributed by atoms with Gasteiger partial charge in [0.15, 0.2) is 0 Å². The quantitative estimate of drug-likeness (QED) is 0.246. The molecule has 7 nitrogen and oxygen atoms in total. The fourth-order valence-electron chi connectivity index (χ4n) is 6.07. The van der Waals surface area contributed by atoms with E-state index in [1.54, 1.807) is 0 Å². The summed E-state index contributed by atoms with van der Waals surface area (Å²) in [4.78, 5) is 20.4. The molecule has 3 heterocycles. The Balaban J connectivity index is 1.05. The monoisotopic (exact) mass is 541 g/mol. The molecule has 2 unspecified atom stereocenters. The van der Waals surface area contributed by atoms with Gasteiger partial charge in [0.2, 0.25) is 0 Å². The highest BCUT2D eigenvalue weighted by molar-refractivity contribution is 5.76. The van der Waals surface area contributed by atoms with E-state index in [9.17, 15) is 0 Å². The SMILES string of the molecule is Cn1c(CNCc2ccc(CN(Cc3nc4ccccc4[nH]3)C3C=C4C=CC=NC4CC3)cc2)nc2ccccc21. The number of aromatic nitrogens is 4. The molecule has 0 saturated carbocycles. The lowest BCUT2D eigenvalue weighted by atomic mass is 9.89. The van der Waals surface area contributed by atoms with Gasteiger partial charge in [-0.3, -0.25) is 9.89 Å². The second kappa shape index (κ2) is 11.3. The average Bonchev–Trinajstić information content (AvgIpc) is 3.57. The van der Waals surface area contributed by atoms with E-state index in [-0.39, 0.29) is 0 Å². The van der Waals surface area contributed by atoms with Crippen LogP contribution in [0.2, 0.25) is 0 Å². The van der Waals surface area contributed by atoms with E-state index in [0.29, 0.717) is 12.1 Å². The van der Waals surface area contributed by atoms with Crippen LogP contribution in [0.5, 0.6) is 0 Å². The van der Waals surface area contributed by atoms with Gasteiger partial charge >= 0.3 is 0 Å². The highest BCUT2D eigenvalue weighted by Gasteiger charge is 2.27. The zero-order valence-corrected chi connectivity index (χ0v) is 23.4. The molecule has 5 aromatic rings. The molecule has 0 bridgehead atoms. The number of aromatic amines is 1. The fraction of sp³-hybridized carbons (Fsp3) is 0.265. The predicted octanol–water partition coefficient (Wildman–Crippen LogP) is 5.84. The van der Waals surface area contributed by atoms with Crippen molar-refractivity contribution < 1.29 is 0 Å². The van der Waals surface area contributed by atoms with Gasteiger partial charge in [-0.2, -0.15) is 0 Å². The smallest absolute Gasteiger partial charge is 0.123 e. The van der Waals surface area contributed by atoms with E-state index in [1.165, 1.54) is 16.7 Å². The van der Waals surface area contributed by atoms with Crippen LogP contribution in [0.15, 0.2) is 102 Å². The minimum atomic E-state index is 0.306. The molecule has 2 aliphatic rings. The van der Waals surface area contributed by atoms with Crippen LogP contribution in [0.4, 0.5) is 0 Å². The molecule has 0 radical (unpaired) electrons. The number of nitrogens with one attached hydrogen (secondary N) is 2. The van der Waals surface area contributed by atoms with Gasteiger partial charge in [-0.15, -0.1) is 0 Å². The molecule has 2 aromatic heterocycles. The van der Waals surface area contributed by atoms with E-state index in [2.05, 4.69) is 111 Å². The second-order valence-electron chi connectivity index (χ2n) is 11.1. The van der Waals surface area contributed by atoms with Gasteiger partial charge in [-0.25, -0.2) is 9.97 Å². The third-order valence-electron chi connectivity index (χ3n) is 8.31. The van der Waals surface area contributed by atoms with Crippen molar-refractivity contribution in [3.63, 3.8) is 0 Å². The van der Waals surface area contributed by atoms with Crippen LogP contribution in [0.3, 0.4) is 0 Å². The summed E-state index contributed by atoms with van der Waals surface area (Å²) in [7, 11) is 2.08. The number of dihydropyridines is 1. The maximum Gasteiger partial charge on any atom is 0.123 e. The molecule has 2 atom stereocenters. The normalized spacial score (nSPS) is 18.3. The van der Waals surface area contributed by atoms with E-state index in [0.717, 1.165) is 72.7 Å². The molecule has 7 heteroatoms. The number of H-pyrrole nitrogens is 1. The number of para-hydroxylation sites is 4. The Bertz CT molecular complexity index is 1720. The molecular weight excluding hydrogens is 506 g/mol. The largest absolute Gasteiger partial charge is 0.341 e. The molecule has 1 aliphatic carbocycles. The zero-order valence-electron chi connectivity index (χ0n) is 23.4. The fourth-order valence-corrected chi connectivity index (χ4v) is 6.07. The number of aryl methyl sites for hydroxylation is 1. The number of nitrogens with zero attached hydrogens (tertiary/aromatic N) is 5. The molecule has 0 amide bonds. The van der Waals surface area contributed by atoms with E-state index in [1.807, 2.05) is 18.3 Å². The third kappa shape index (κ3) is 5.51. The molecule has 3 aromatic carbocycles. The number of fused-ring (bicyclic) bond motifs is 3. The molecular formula is C34H35N7. The standard InChI is InChI=1S/C34H35N7/c1-40-32-11-5-4-10-31(32)39-34(40)21-35-20-24-12-14-25(15-13-24)22-41(23-33-37-29-8-2-3-9-30(29)38-33)27-16-17-28-26(19-27)7-6-18-36-28/h2-15,18-19,27-28,35H,16-17,20-23H2,1H3,(H,37,38). The van der Waals surface area contributed by atoms with Gasteiger partial charge in [0.05, 0.1) is 41.2 Å². The van der Waals surface area contributed by atoms with Gasteiger partial charge < -0.3 is 14.9 Å². The average molecular weight is 542 g/mol. The summed E-state index contributed by atoms with van der Waals surface area (Å²) in [5, 5.41) is 3.57. The first-order chi connectivity index (χ1) is 20.2. The van der Waals surface area contributed by atoms with Gasteiger partial charge in [0.25, 0.3) is 0 Å². The molecule has 0 spiro atoms. The molecule has 41 heavy (non-hydrogen) atoms. The van der Waals surface area contributed by atoms with E-state index < -0.39 is 0 Å². The predicted molar refractivity (Wildman–Crippen MR) is 166 cm³/mol. The first-order valence-electron chi connectivity index (χ1n) is 14.5. The molecule has 0 fully saturated rings. The Morgan fingerprint density at radius 3 is 2.54 bits per heavy atom. The first kappa shape index (κ1) is 25.6. The number of allylic oxidation sites excluding steroid dienone is 1. The Morgan fingerprint density at radius 2 is 1.68 bits per heavy atom.